The zero-order valence-electron chi connectivity index (χ0n) is 11.9. The van der Waals surface area contributed by atoms with Gasteiger partial charge in [0.1, 0.15) is 0 Å². The van der Waals surface area contributed by atoms with Gasteiger partial charge in [0.2, 0.25) is 0 Å². The maximum atomic E-state index is 5.41. The van der Waals surface area contributed by atoms with Crippen LogP contribution in [0, 0.1) is 0 Å². The number of hydrogen-bond acceptors (Lipinski definition) is 6. The third kappa shape index (κ3) is 16.8. The van der Waals surface area contributed by atoms with Gasteiger partial charge in [-0.05, 0) is 0 Å². The summed E-state index contributed by atoms with van der Waals surface area (Å²) in [6.07, 6.45) is 0. The van der Waals surface area contributed by atoms with Crippen LogP contribution in [0.3, 0.4) is 0 Å². The summed E-state index contributed by atoms with van der Waals surface area (Å²) in [4.78, 5) is 0. The molecule has 0 radical (unpaired) electrons. The van der Waals surface area contributed by atoms with Gasteiger partial charge in [-0.15, -0.1) is 34.0 Å². The maximum Gasteiger partial charge on any atom is 0.0701 e. The molecule has 1 rings (SSSR count). The minimum Gasteiger partial charge on any atom is -0.378 e. The molecule has 0 unspecified atom stereocenters. The van der Waals surface area contributed by atoms with E-state index in [1.54, 1.807) is 0 Å². The van der Waals surface area contributed by atoms with E-state index in [1.165, 1.54) is 0 Å². The first-order valence-electron chi connectivity index (χ1n) is 6.72. The van der Waals surface area contributed by atoms with Crippen molar-refractivity contribution < 1.29 is 18.9 Å². The van der Waals surface area contributed by atoms with Crippen LogP contribution in [0.2, 0.25) is 0 Å². The third-order valence-electron chi connectivity index (χ3n) is 2.44. The van der Waals surface area contributed by atoms with Gasteiger partial charge in [0, 0.05) is 26.2 Å². The summed E-state index contributed by atoms with van der Waals surface area (Å²) in [5.41, 5.74) is 0. The standard InChI is InChI=1S/C12H26N2O4.2BrH/c1-5-15-9-10-17-7-3-14-4-8-18-12-11-16-6-2-13-1;;/h13-14H,1-12H2;2*1H. The molecule has 0 aromatic rings. The van der Waals surface area contributed by atoms with E-state index in [2.05, 4.69) is 10.6 Å². The summed E-state index contributed by atoms with van der Waals surface area (Å²) in [5.74, 6) is 0. The Bertz CT molecular complexity index is 106. The summed E-state index contributed by atoms with van der Waals surface area (Å²) >= 11 is 0. The Morgan fingerprint density at radius 1 is 0.400 bits per heavy atom. The molecule has 0 bridgehead atoms. The average Bonchev–Trinajstić information content (AvgIpc) is 2.39. The normalized spacial score (nSPS) is 21.6. The van der Waals surface area contributed by atoms with Crippen molar-refractivity contribution in [3.05, 3.63) is 0 Å². The highest BCUT2D eigenvalue weighted by atomic mass is 79.9. The Hall–Kier alpha value is 0.720. The second kappa shape index (κ2) is 19.7. The highest BCUT2D eigenvalue weighted by molar-refractivity contribution is 8.93. The van der Waals surface area contributed by atoms with Crippen LogP contribution in [0.4, 0.5) is 0 Å². The number of rotatable bonds is 0. The summed E-state index contributed by atoms with van der Waals surface area (Å²) < 4.78 is 21.6. The lowest BCUT2D eigenvalue weighted by Gasteiger charge is -2.10. The van der Waals surface area contributed by atoms with E-state index in [9.17, 15) is 0 Å². The Balaban J connectivity index is 0. The Morgan fingerprint density at radius 3 is 0.900 bits per heavy atom. The lowest BCUT2D eigenvalue weighted by Crippen LogP contribution is -2.27. The van der Waals surface area contributed by atoms with Gasteiger partial charge in [-0.3, -0.25) is 0 Å². The van der Waals surface area contributed by atoms with Gasteiger partial charge in [-0.25, -0.2) is 0 Å². The van der Waals surface area contributed by atoms with Crippen LogP contribution < -0.4 is 10.6 Å². The predicted octanol–water partition coefficient (Wildman–Crippen LogP) is 0.401. The first-order valence-corrected chi connectivity index (χ1v) is 6.72. The van der Waals surface area contributed by atoms with Crippen molar-refractivity contribution in [2.45, 2.75) is 0 Å². The van der Waals surface area contributed by atoms with Crippen LogP contribution in [0.15, 0.2) is 0 Å². The molecule has 1 fully saturated rings. The molecular weight excluding hydrogens is 396 g/mol. The summed E-state index contributed by atoms with van der Waals surface area (Å²) in [6.45, 7) is 8.86. The van der Waals surface area contributed by atoms with Gasteiger partial charge in [0.15, 0.2) is 0 Å². The zero-order valence-corrected chi connectivity index (χ0v) is 15.4. The molecule has 1 aliphatic rings. The molecular formula is C12H28Br2N2O4. The lowest BCUT2D eigenvalue weighted by molar-refractivity contribution is 0.0383. The SMILES string of the molecule is Br.Br.C1COCCOCCNCCOCCOCCN1. The van der Waals surface area contributed by atoms with Gasteiger partial charge in [0.05, 0.1) is 52.9 Å². The molecule has 0 spiro atoms. The van der Waals surface area contributed by atoms with E-state index in [1.807, 2.05) is 0 Å². The molecule has 0 amide bonds. The second-order valence-corrected chi connectivity index (χ2v) is 3.95. The summed E-state index contributed by atoms with van der Waals surface area (Å²) in [5, 5.41) is 6.50. The quantitative estimate of drug-likeness (QED) is 0.588. The zero-order chi connectivity index (χ0) is 12.7. The van der Waals surface area contributed by atoms with Crippen molar-refractivity contribution in [1.29, 1.82) is 0 Å². The fourth-order valence-electron chi connectivity index (χ4n) is 1.47. The van der Waals surface area contributed by atoms with E-state index in [0.29, 0.717) is 52.9 Å². The van der Waals surface area contributed by atoms with Crippen LogP contribution in [0.5, 0.6) is 0 Å². The van der Waals surface area contributed by atoms with E-state index in [-0.39, 0.29) is 34.0 Å². The molecule has 0 aromatic heterocycles. The molecule has 1 aliphatic heterocycles. The van der Waals surface area contributed by atoms with Crippen molar-refractivity contribution in [3.8, 4) is 0 Å². The smallest absolute Gasteiger partial charge is 0.0701 e. The second-order valence-electron chi connectivity index (χ2n) is 3.95. The molecule has 2 N–H and O–H groups in total. The number of ether oxygens (including phenoxy) is 4. The van der Waals surface area contributed by atoms with Crippen molar-refractivity contribution in [2.75, 3.05) is 79.0 Å². The van der Waals surface area contributed by atoms with E-state index >= 15 is 0 Å². The number of halogens is 2. The number of hydrogen-bond donors (Lipinski definition) is 2. The fraction of sp³-hybridized carbons (Fsp3) is 1.00. The van der Waals surface area contributed by atoms with Crippen LogP contribution in [-0.2, 0) is 18.9 Å². The highest BCUT2D eigenvalue weighted by Gasteiger charge is 1.94. The highest BCUT2D eigenvalue weighted by Crippen LogP contribution is 1.81. The van der Waals surface area contributed by atoms with E-state index in [4.69, 9.17) is 18.9 Å². The van der Waals surface area contributed by atoms with Gasteiger partial charge in [-0.1, -0.05) is 0 Å². The molecule has 6 nitrogen and oxygen atoms in total. The molecule has 0 atom stereocenters. The first kappa shape index (κ1) is 23.0. The molecule has 1 heterocycles. The Kier molecular flexibility index (Phi) is 22.7. The van der Waals surface area contributed by atoms with Gasteiger partial charge >= 0.3 is 0 Å². The van der Waals surface area contributed by atoms with Crippen molar-refractivity contribution in [3.63, 3.8) is 0 Å². The average molecular weight is 424 g/mol. The van der Waals surface area contributed by atoms with E-state index in [0.717, 1.165) is 26.2 Å². The van der Waals surface area contributed by atoms with Crippen LogP contribution in [-0.4, -0.2) is 79.0 Å². The largest absolute Gasteiger partial charge is 0.378 e. The van der Waals surface area contributed by atoms with Crippen LogP contribution in [0.1, 0.15) is 0 Å². The monoisotopic (exact) mass is 422 g/mol. The maximum absolute atomic E-state index is 5.41. The summed E-state index contributed by atoms with van der Waals surface area (Å²) in [7, 11) is 0. The van der Waals surface area contributed by atoms with Gasteiger partial charge < -0.3 is 29.6 Å². The van der Waals surface area contributed by atoms with Crippen molar-refractivity contribution in [1.82, 2.24) is 10.6 Å². The van der Waals surface area contributed by atoms with Gasteiger partial charge in [-0.2, -0.15) is 0 Å². The topological polar surface area (TPSA) is 61.0 Å². The predicted molar refractivity (Wildman–Crippen MR) is 89.7 cm³/mol. The Labute approximate surface area is 142 Å². The molecule has 0 aromatic carbocycles. The lowest BCUT2D eigenvalue weighted by atomic mass is 10.6. The number of nitrogens with one attached hydrogen (secondary N) is 2. The molecule has 124 valence electrons. The molecule has 8 heteroatoms. The third-order valence-corrected chi connectivity index (χ3v) is 2.44. The minimum atomic E-state index is 0. The fourth-order valence-corrected chi connectivity index (χ4v) is 1.47. The molecule has 0 aliphatic carbocycles. The Morgan fingerprint density at radius 2 is 0.650 bits per heavy atom. The van der Waals surface area contributed by atoms with E-state index < -0.39 is 0 Å². The summed E-state index contributed by atoms with van der Waals surface area (Å²) in [6, 6.07) is 0. The van der Waals surface area contributed by atoms with Crippen LogP contribution >= 0.6 is 34.0 Å². The van der Waals surface area contributed by atoms with Crippen molar-refractivity contribution in [2.24, 2.45) is 0 Å². The first-order chi connectivity index (χ1) is 9.00. The van der Waals surface area contributed by atoms with Crippen LogP contribution in [0.25, 0.3) is 0 Å². The molecule has 20 heavy (non-hydrogen) atoms. The van der Waals surface area contributed by atoms with Crippen molar-refractivity contribution >= 4 is 34.0 Å². The molecule has 0 saturated carbocycles. The minimum absolute atomic E-state index is 0. The molecule has 1 saturated heterocycles. The van der Waals surface area contributed by atoms with Gasteiger partial charge in [0.25, 0.3) is 0 Å².